The molecule has 0 aromatic heterocycles. The molecule has 196 valence electrons. The van der Waals surface area contributed by atoms with Gasteiger partial charge in [0, 0.05) is 48.8 Å². The average Bonchev–Trinajstić information content (AvgIpc) is 2.94. The molecular formula is C32H33Cl2N3O. The highest BCUT2D eigenvalue weighted by atomic mass is 35.5. The summed E-state index contributed by atoms with van der Waals surface area (Å²) in [6, 6.07) is 30.9. The van der Waals surface area contributed by atoms with Crippen LogP contribution in [-0.2, 0) is 24.3 Å². The summed E-state index contributed by atoms with van der Waals surface area (Å²) in [5.74, 6) is 0.0180. The Morgan fingerprint density at radius 1 is 0.868 bits per heavy atom. The molecule has 4 aromatic rings. The van der Waals surface area contributed by atoms with E-state index in [1.165, 1.54) is 21.9 Å². The SMILES string of the molecule is O=C(NCc1cccc2ccccc12)[C@@H]1CNC[C@H](N(CCc2cccc(Cl)c2)Cc2cccc(Cl)c2)C1. The molecule has 6 heteroatoms. The Morgan fingerprint density at radius 3 is 2.39 bits per heavy atom. The molecule has 4 nitrogen and oxygen atoms in total. The number of benzene rings is 4. The number of rotatable bonds is 9. The normalized spacial score (nSPS) is 17.6. The first-order valence-corrected chi connectivity index (χ1v) is 14.0. The summed E-state index contributed by atoms with van der Waals surface area (Å²) in [4.78, 5) is 15.8. The molecule has 0 unspecified atom stereocenters. The van der Waals surface area contributed by atoms with Gasteiger partial charge in [-0.2, -0.15) is 0 Å². The zero-order chi connectivity index (χ0) is 26.3. The van der Waals surface area contributed by atoms with Crippen molar-refractivity contribution in [3.05, 3.63) is 118 Å². The molecule has 1 aliphatic rings. The van der Waals surface area contributed by atoms with Gasteiger partial charge in [-0.05, 0) is 64.6 Å². The van der Waals surface area contributed by atoms with Gasteiger partial charge in [0.2, 0.25) is 5.91 Å². The van der Waals surface area contributed by atoms with Crippen molar-refractivity contribution in [2.45, 2.75) is 32.0 Å². The highest BCUT2D eigenvalue weighted by Gasteiger charge is 2.30. The van der Waals surface area contributed by atoms with E-state index in [4.69, 9.17) is 23.2 Å². The van der Waals surface area contributed by atoms with Crippen LogP contribution in [0.1, 0.15) is 23.1 Å². The van der Waals surface area contributed by atoms with Crippen LogP contribution in [0.5, 0.6) is 0 Å². The van der Waals surface area contributed by atoms with E-state index in [0.29, 0.717) is 13.1 Å². The van der Waals surface area contributed by atoms with Crippen LogP contribution in [0.4, 0.5) is 0 Å². The van der Waals surface area contributed by atoms with Gasteiger partial charge in [-0.25, -0.2) is 0 Å². The molecule has 2 atom stereocenters. The van der Waals surface area contributed by atoms with Crippen LogP contribution in [0.2, 0.25) is 10.0 Å². The first-order valence-electron chi connectivity index (χ1n) is 13.2. The van der Waals surface area contributed by atoms with Crippen LogP contribution in [0, 0.1) is 5.92 Å². The maximum absolute atomic E-state index is 13.3. The molecule has 5 rings (SSSR count). The molecule has 38 heavy (non-hydrogen) atoms. The van der Waals surface area contributed by atoms with Crippen LogP contribution >= 0.6 is 23.2 Å². The standard InChI is InChI=1S/C32H33Cl2N3O/c33-28-11-3-6-23(16-28)14-15-37(22-24-7-4-12-29(34)17-24)30-18-27(19-35-21-30)32(38)36-20-26-10-5-9-25-8-1-2-13-31(25)26/h1-13,16-17,27,30,35H,14-15,18-22H2,(H,36,38)/t27-,30+/m0/s1. The fourth-order valence-electron chi connectivity index (χ4n) is 5.40. The van der Waals surface area contributed by atoms with Crippen LogP contribution in [0.3, 0.4) is 0 Å². The summed E-state index contributed by atoms with van der Waals surface area (Å²) in [5.41, 5.74) is 3.52. The lowest BCUT2D eigenvalue weighted by atomic mass is 9.93. The molecule has 1 aliphatic heterocycles. The molecule has 2 N–H and O–H groups in total. The molecule has 1 saturated heterocycles. The van der Waals surface area contributed by atoms with E-state index in [0.717, 1.165) is 48.1 Å². The maximum atomic E-state index is 13.3. The summed E-state index contributed by atoms with van der Waals surface area (Å²) in [6.45, 7) is 3.71. The molecule has 0 radical (unpaired) electrons. The van der Waals surface area contributed by atoms with E-state index in [-0.39, 0.29) is 17.9 Å². The molecule has 0 spiro atoms. The van der Waals surface area contributed by atoms with E-state index >= 15 is 0 Å². The molecule has 0 aliphatic carbocycles. The summed E-state index contributed by atoms with van der Waals surface area (Å²) in [7, 11) is 0. The van der Waals surface area contributed by atoms with E-state index in [1.54, 1.807) is 0 Å². The van der Waals surface area contributed by atoms with Gasteiger partial charge in [-0.3, -0.25) is 9.69 Å². The molecule has 1 fully saturated rings. The molecule has 4 aromatic carbocycles. The van der Waals surface area contributed by atoms with Crippen molar-refractivity contribution in [2.24, 2.45) is 5.92 Å². The zero-order valence-corrected chi connectivity index (χ0v) is 22.9. The van der Waals surface area contributed by atoms with E-state index in [2.05, 4.69) is 58.0 Å². The number of amides is 1. The first kappa shape index (κ1) is 26.7. The number of halogens is 2. The predicted molar refractivity (Wildman–Crippen MR) is 158 cm³/mol. The van der Waals surface area contributed by atoms with E-state index < -0.39 is 0 Å². The summed E-state index contributed by atoms with van der Waals surface area (Å²) >= 11 is 12.5. The number of carbonyl (C=O) groups is 1. The number of carbonyl (C=O) groups excluding carboxylic acids is 1. The van der Waals surface area contributed by atoms with Crippen LogP contribution in [0.15, 0.2) is 91.0 Å². The molecule has 0 bridgehead atoms. The number of fused-ring (bicyclic) bond motifs is 1. The number of hydrogen-bond acceptors (Lipinski definition) is 3. The minimum Gasteiger partial charge on any atom is -0.352 e. The summed E-state index contributed by atoms with van der Waals surface area (Å²) in [6.07, 6.45) is 1.69. The van der Waals surface area contributed by atoms with Crippen LogP contribution in [0.25, 0.3) is 10.8 Å². The topological polar surface area (TPSA) is 44.4 Å². The van der Waals surface area contributed by atoms with Gasteiger partial charge in [0.05, 0.1) is 5.92 Å². The third kappa shape index (κ3) is 6.95. The molecule has 1 heterocycles. The third-order valence-electron chi connectivity index (χ3n) is 7.40. The highest BCUT2D eigenvalue weighted by molar-refractivity contribution is 6.30. The smallest absolute Gasteiger partial charge is 0.224 e. The zero-order valence-electron chi connectivity index (χ0n) is 21.4. The van der Waals surface area contributed by atoms with Crippen LogP contribution < -0.4 is 10.6 Å². The van der Waals surface area contributed by atoms with Gasteiger partial charge in [0.1, 0.15) is 0 Å². The minimum atomic E-state index is -0.0863. The van der Waals surface area contributed by atoms with Gasteiger partial charge < -0.3 is 10.6 Å². The van der Waals surface area contributed by atoms with Gasteiger partial charge in [-0.1, -0.05) is 89.9 Å². The Bertz CT molecular complexity index is 1390. The lowest BCUT2D eigenvalue weighted by molar-refractivity contribution is -0.126. The van der Waals surface area contributed by atoms with Crippen molar-refractivity contribution in [1.82, 2.24) is 15.5 Å². The molecule has 0 saturated carbocycles. The highest BCUT2D eigenvalue weighted by Crippen LogP contribution is 2.23. The van der Waals surface area contributed by atoms with Crippen molar-refractivity contribution >= 4 is 39.9 Å². The monoisotopic (exact) mass is 545 g/mol. The minimum absolute atomic E-state index is 0.0863. The fourth-order valence-corrected chi connectivity index (χ4v) is 5.82. The largest absolute Gasteiger partial charge is 0.352 e. The van der Waals surface area contributed by atoms with Crippen molar-refractivity contribution < 1.29 is 4.79 Å². The van der Waals surface area contributed by atoms with Gasteiger partial charge in [0.15, 0.2) is 0 Å². The Kier molecular flexibility index (Phi) is 8.98. The van der Waals surface area contributed by atoms with Crippen molar-refractivity contribution in [2.75, 3.05) is 19.6 Å². The fraction of sp³-hybridized carbons (Fsp3) is 0.281. The Hall–Kier alpha value is -2.89. The second-order valence-electron chi connectivity index (χ2n) is 10.1. The van der Waals surface area contributed by atoms with Gasteiger partial charge in [0.25, 0.3) is 0 Å². The Balaban J connectivity index is 1.26. The first-order chi connectivity index (χ1) is 18.5. The summed E-state index contributed by atoms with van der Waals surface area (Å²) in [5, 5.41) is 10.6. The molecule has 1 amide bonds. The second kappa shape index (κ2) is 12.8. The van der Waals surface area contributed by atoms with Crippen molar-refractivity contribution in [3.8, 4) is 0 Å². The lowest BCUT2D eigenvalue weighted by Gasteiger charge is -2.38. The second-order valence-corrected chi connectivity index (χ2v) is 11.0. The Morgan fingerprint density at radius 2 is 1.58 bits per heavy atom. The third-order valence-corrected chi connectivity index (χ3v) is 7.87. The number of nitrogens with one attached hydrogen (secondary N) is 2. The number of piperidine rings is 1. The van der Waals surface area contributed by atoms with Crippen molar-refractivity contribution in [1.29, 1.82) is 0 Å². The predicted octanol–water partition coefficient (Wildman–Crippen LogP) is 6.49. The average molecular weight is 547 g/mol. The van der Waals surface area contributed by atoms with Gasteiger partial charge >= 0.3 is 0 Å². The van der Waals surface area contributed by atoms with Crippen molar-refractivity contribution in [3.63, 3.8) is 0 Å². The Labute approximate surface area is 234 Å². The summed E-state index contributed by atoms with van der Waals surface area (Å²) < 4.78 is 0. The quantitative estimate of drug-likeness (QED) is 0.252. The lowest BCUT2D eigenvalue weighted by Crippen LogP contribution is -2.52. The van der Waals surface area contributed by atoms with Gasteiger partial charge in [-0.15, -0.1) is 0 Å². The maximum Gasteiger partial charge on any atom is 0.224 e. The number of hydrogen-bond donors (Lipinski definition) is 2. The number of nitrogens with zero attached hydrogens (tertiary/aromatic N) is 1. The van der Waals surface area contributed by atoms with E-state index in [1.807, 2.05) is 48.5 Å². The van der Waals surface area contributed by atoms with E-state index in [9.17, 15) is 4.79 Å². The van der Waals surface area contributed by atoms with Crippen LogP contribution in [-0.4, -0.2) is 36.5 Å². The molecular weight excluding hydrogens is 513 g/mol.